The third-order valence-corrected chi connectivity index (χ3v) is 3.30. The number of nitrogens with one attached hydrogen (secondary N) is 1. The topological polar surface area (TPSA) is 71.1 Å². The highest BCUT2D eigenvalue weighted by molar-refractivity contribution is 5.90. The number of aromatic nitrogens is 3. The van der Waals surface area contributed by atoms with E-state index in [2.05, 4.69) is 15.2 Å². The highest BCUT2D eigenvalue weighted by atomic mass is 16.5. The molecule has 0 saturated carbocycles. The lowest BCUT2D eigenvalue weighted by Crippen LogP contribution is -2.41. The van der Waals surface area contributed by atoms with Crippen LogP contribution in [-0.2, 0) is 4.74 Å². The van der Waals surface area contributed by atoms with E-state index in [0.29, 0.717) is 13.2 Å². The molecule has 2 heterocycles. The van der Waals surface area contributed by atoms with Gasteiger partial charge in [0.25, 0.3) is 5.91 Å². The second kappa shape index (κ2) is 5.48. The maximum absolute atomic E-state index is 12.2. The molecule has 18 heavy (non-hydrogen) atoms. The van der Waals surface area contributed by atoms with Gasteiger partial charge in [0.2, 0.25) is 5.82 Å². The molecule has 1 saturated heterocycles. The summed E-state index contributed by atoms with van der Waals surface area (Å²) in [5.41, 5.74) is 0. The normalized spacial score (nSPS) is 17.1. The lowest BCUT2D eigenvalue weighted by molar-refractivity contribution is 0.0355. The second-order valence-corrected chi connectivity index (χ2v) is 4.96. The minimum Gasteiger partial charge on any atom is -0.381 e. The largest absolute Gasteiger partial charge is 0.381 e. The summed E-state index contributed by atoms with van der Waals surface area (Å²) >= 11 is 0. The molecular weight excluding hydrogens is 232 g/mol. The summed E-state index contributed by atoms with van der Waals surface area (Å²) in [6, 6.07) is 0.229. The fourth-order valence-corrected chi connectivity index (χ4v) is 2.02. The third kappa shape index (κ3) is 2.69. The van der Waals surface area contributed by atoms with Crippen LogP contribution in [0.4, 0.5) is 0 Å². The number of H-pyrrole nitrogens is 1. The molecule has 0 bridgehead atoms. The first kappa shape index (κ1) is 13.0. The smallest absolute Gasteiger partial charge is 0.293 e. The van der Waals surface area contributed by atoms with Gasteiger partial charge in [-0.05, 0) is 12.8 Å². The average Bonchev–Trinajstić information content (AvgIpc) is 2.88. The predicted octanol–water partition coefficient (Wildman–Crippen LogP) is 1.18. The van der Waals surface area contributed by atoms with Crippen molar-refractivity contribution in [2.24, 2.45) is 0 Å². The van der Waals surface area contributed by atoms with Crippen molar-refractivity contribution in [3.05, 3.63) is 11.6 Å². The number of carbonyl (C=O) groups excluding carboxylic acids is 1. The summed E-state index contributed by atoms with van der Waals surface area (Å²) in [6.45, 7) is 5.45. The molecule has 0 unspecified atom stereocenters. The number of nitrogens with zero attached hydrogens (tertiary/aromatic N) is 3. The molecule has 1 aromatic rings. The van der Waals surface area contributed by atoms with E-state index in [1.165, 1.54) is 0 Å². The Morgan fingerprint density at radius 3 is 2.67 bits per heavy atom. The Balaban J connectivity index is 2.04. The van der Waals surface area contributed by atoms with Gasteiger partial charge in [-0.1, -0.05) is 13.8 Å². The molecule has 0 radical (unpaired) electrons. The van der Waals surface area contributed by atoms with Crippen LogP contribution in [0.1, 0.15) is 49.1 Å². The number of hydrogen-bond acceptors (Lipinski definition) is 4. The standard InChI is InChI=1S/C12H20N4O2/c1-8(2)10-13-11(15-14-10)12(17)16(3)9-4-6-18-7-5-9/h8-9H,4-7H2,1-3H3,(H,13,14,15). The van der Waals surface area contributed by atoms with Crippen LogP contribution in [0.15, 0.2) is 0 Å². The van der Waals surface area contributed by atoms with Gasteiger partial charge in [-0.25, -0.2) is 4.98 Å². The Bertz CT molecular complexity index is 410. The molecule has 1 amide bonds. The van der Waals surface area contributed by atoms with Crippen LogP contribution in [-0.4, -0.2) is 52.3 Å². The van der Waals surface area contributed by atoms with E-state index in [-0.39, 0.29) is 23.7 Å². The Morgan fingerprint density at radius 1 is 1.44 bits per heavy atom. The molecule has 0 aromatic carbocycles. The molecule has 1 N–H and O–H groups in total. The van der Waals surface area contributed by atoms with Gasteiger partial charge in [0.1, 0.15) is 5.82 Å². The van der Waals surface area contributed by atoms with Crippen LogP contribution >= 0.6 is 0 Å². The highest BCUT2D eigenvalue weighted by Gasteiger charge is 2.26. The summed E-state index contributed by atoms with van der Waals surface area (Å²) < 4.78 is 5.30. The second-order valence-electron chi connectivity index (χ2n) is 4.96. The summed E-state index contributed by atoms with van der Waals surface area (Å²) in [6.07, 6.45) is 1.76. The molecule has 0 atom stereocenters. The first-order valence-electron chi connectivity index (χ1n) is 6.36. The Hall–Kier alpha value is -1.43. The van der Waals surface area contributed by atoms with E-state index in [1.807, 2.05) is 20.9 Å². The van der Waals surface area contributed by atoms with Crippen LogP contribution in [0, 0.1) is 0 Å². The van der Waals surface area contributed by atoms with Gasteiger partial charge in [0.15, 0.2) is 0 Å². The molecular formula is C12H20N4O2. The van der Waals surface area contributed by atoms with E-state index in [9.17, 15) is 4.79 Å². The van der Waals surface area contributed by atoms with Crippen molar-refractivity contribution >= 4 is 5.91 Å². The molecule has 0 spiro atoms. The molecule has 1 aliphatic rings. The van der Waals surface area contributed by atoms with Crippen LogP contribution in [0.2, 0.25) is 0 Å². The van der Waals surface area contributed by atoms with Crippen LogP contribution < -0.4 is 0 Å². The molecule has 100 valence electrons. The quantitative estimate of drug-likeness (QED) is 0.876. The van der Waals surface area contributed by atoms with Crippen molar-refractivity contribution in [2.75, 3.05) is 20.3 Å². The number of amides is 1. The number of aromatic amines is 1. The highest BCUT2D eigenvalue weighted by Crippen LogP contribution is 2.15. The maximum atomic E-state index is 12.2. The lowest BCUT2D eigenvalue weighted by Gasteiger charge is -2.30. The number of hydrogen-bond donors (Lipinski definition) is 1. The van der Waals surface area contributed by atoms with Crippen LogP contribution in [0.25, 0.3) is 0 Å². The molecule has 2 rings (SSSR count). The summed E-state index contributed by atoms with van der Waals surface area (Å²) in [4.78, 5) is 18.2. The van der Waals surface area contributed by atoms with Gasteiger partial charge >= 0.3 is 0 Å². The van der Waals surface area contributed by atoms with Crippen molar-refractivity contribution < 1.29 is 9.53 Å². The third-order valence-electron chi connectivity index (χ3n) is 3.30. The summed E-state index contributed by atoms with van der Waals surface area (Å²) in [5.74, 6) is 1.13. The monoisotopic (exact) mass is 252 g/mol. The fraction of sp³-hybridized carbons (Fsp3) is 0.750. The van der Waals surface area contributed by atoms with Gasteiger partial charge < -0.3 is 9.64 Å². The zero-order chi connectivity index (χ0) is 13.1. The minimum absolute atomic E-state index is 0.120. The average molecular weight is 252 g/mol. The Labute approximate surface area is 107 Å². The van der Waals surface area contributed by atoms with Crippen LogP contribution in [0.3, 0.4) is 0 Å². The SMILES string of the molecule is CC(C)c1nc(C(=O)N(C)C2CCOCC2)n[nH]1. The van der Waals surface area contributed by atoms with E-state index in [0.717, 1.165) is 18.7 Å². The van der Waals surface area contributed by atoms with E-state index >= 15 is 0 Å². The van der Waals surface area contributed by atoms with E-state index in [1.54, 1.807) is 4.90 Å². The first-order valence-corrected chi connectivity index (χ1v) is 6.36. The zero-order valence-corrected chi connectivity index (χ0v) is 11.1. The number of rotatable bonds is 3. The van der Waals surface area contributed by atoms with Crippen molar-refractivity contribution in [1.29, 1.82) is 0 Å². The van der Waals surface area contributed by atoms with Gasteiger partial charge in [0, 0.05) is 32.2 Å². The summed E-state index contributed by atoms with van der Waals surface area (Å²) in [7, 11) is 1.81. The van der Waals surface area contributed by atoms with E-state index in [4.69, 9.17) is 4.74 Å². The van der Waals surface area contributed by atoms with Crippen molar-refractivity contribution in [3.63, 3.8) is 0 Å². The van der Waals surface area contributed by atoms with E-state index < -0.39 is 0 Å². The lowest BCUT2D eigenvalue weighted by atomic mass is 10.1. The number of ether oxygens (including phenoxy) is 1. The van der Waals surface area contributed by atoms with Gasteiger partial charge in [-0.15, -0.1) is 5.10 Å². The van der Waals surface area contributed by atoms with Gasteiger partial charge in [-0.3, -0.25) is 9.89 Å². The zero-order valence-electron chi connectivity index (χ0n) is 11.1. The number of carbonyl (C=O) groups is 1. The van der Waals surface area contributed by atoms with Crippen molar-refractivity contribution in [1.82, 2.24) is 20.1 Å². The molecule has 6 nitrogen and oxygen atoms in total. The van der Waals surface area contributed by atoms with Gasteiger partial charge in [-0.2, -0.15) is 0 Å². The van der Waals surface area contributed by atoms with Gasteiger partial charge in [0.05, 0.1) is 0 Å². The molecule has 0 aliphatic carbocycles. The minimum atomic E-state index is -0.120. The van der Waals surface area contributed by atoms with Crippen LogP contribution in [0.5, 0.6) is 0 Å². The molecule has 6 heteroatoms. The summed E-state index contributed by atoms with van der Waals surface area (Å²) in [5, 5.41) is 6.81. The Kier molecular flexibility index (Phi) is 3.96. The molecule has 1 aromatic heterocycles. The molecule has 1 fully saturated rings. The van der Waals surface area contributed by atoms with Crippen molar-refractivity contribution in [3.8, 4) is 0 Å². The predicted molar refractivity (Wildman–Crippen MR) is 66.4 cm³/mol. The van der Waals surface area contributed by atoms with Crippen molar-refractivity contribution in [2.45, 2.75) is 38.6 Å². The molecule has 1 aliphatic heterocycles. The Morgan fingerprint density at radius 2 is 2.11 bits per heavy atom. The first-order chi connectivity index (χ1) is 8.59. The fourth-order valence-electron chi connectivity index (χ4n) is 2.02. The maximum Gasteiger partial charge on any atom is 0.293 e.